The van der Waals surface area contributed by atoms with Gasteiger partial charge in [0.1, 0.15) is 18.2 Å². The van der Waals surface area contributed by atoms with Crippen LogP contribution in [0.15, 0.2) is 35.2 Å². The predicted molar refractivity (Wildman–Crippen MR) is 114 cm³/mol. The Morgan fingerprint density at radius 2 is 2.00 bits per heavy atom. The van der Waals surface area contributed by atoms with Crippen molar-refractivity contribution in [3.8, 4) is 0 Å². The third-order valence-corrected chi connectivity index (χ3v) is 6.76. The fraction of sp³-hybridized carbons (Fsp3) is 0.591. The normalized spacial score (nSPS) is 26.8. The number of hydrogen-bond donors (Lipinski definition) is 1. The number of fused-ring (bicyclic) bond motifs is 1. The number of aromatic nitrogens is 1. The molecular formula is C22H27F3N6O2. The van der Waals surface area contributed by atoms with E-state index in [9.17, 15) is 18.0 Å². The van der Waals surface area contributed by atoms with Gasteiger partial charge in [0.15, 0.2) is 5.82 Å². The van der Waals surface area contributed by atoms with Crippen LogP contribution in [0.4, 0.5) is 18.0 Å². The molecule has 1 N–H and O–H groups in total. The molecule has 2 fully saturated rings. The highest BCUT2D eigenvalue weighted by molar-refractivity contribution is 6.02. The number of aliphatic imine (C=N–C) groups is 1. The first-order valence-corrected chi connectivity index (χ1v) is 11.3. The Bertz CT molecular complexity index is 975. The minimum absolute atomic E-state index is 0.0140. The van der Waals surface area contributed by atoms with E-state index in [2.05, 4.69) is 27.0 Å². The minimum Gasteiger partial charge on any atom is -0.381 e. The fourth-order valence-corrected chi connectivity index (χ4v) is 5.00. The Morgan fingerprint density at radius 3 is 2.76 bits per heavy atom. The molecule has 33 heavy (non-hydrogen) atoms. The van der Waals surface area contributed by atoms with Crippen molar-refractivity contribution in [3.05, 3.63) is 41.6 Å². The van der Waals surface area contributed by atoms with Gasteiger partial charge in [-0.3, -0.25) is 15.1 Å². The number of ether oxygens (including phenoxy) is 1. The van der Waals surface area contributed by atoms with Gasteiger partial charge >= 0.3 is 12.2 Å². The molecule has 5 heterocycles. The van der Waals surface area contributed by atoms with Gasteiger partial charge in [-0.15, -0.1) is 0 Å². The molecule has 4 aliphatic heterocycles. The molecule has 1 aromatic heterocycles. The maximum absolute atomic E-state index is 13.0. The Labute approximate surface area is 190 Å². The van der Waals surface area contributed by atoms with Crippen molar-refractivity contribution in [1.29, 1.82) is 0 Å². The quantitative estimate of drug-likeness (QED) is 0.742. The summed E-state index contributed by atoms with van der Waals surface area (Å²) in [6.45, 7) is 5.60. The van der Waals surface area contributed by atoms with E-state index in [4.69, 9.17) is 9.73 Å². The van der Waals surface area contributed by atoms with Crippen LogP contribution in [0.3, 0.4) is 0 Å². The van der Waals surface area contributed by atoms with E-state index in [0.717, 1.165) is 32.1 Å². The van der Waals surface area contributed by atoms with E-state index in [1.165, 1.54) is 6.07 Å². The summed E-state index contributed by atoms with van der Waals surface area (Å²) in [5, 5.41) is 2.95. The first kappa shape index (κ1) is 22.1. The molecule has 178 valence electrons. The average molecular weight is 464 g/mol. The highest BCUT2D eigenvalue weighted by Gasteiger charge is 2.40. The highest BCUT2D eigenvalue weighted by atomic mass is 19.4. The van der Waals surface area contributed by atoms with E-state index in [1.807, 2.05) is 6.20 Å². The van der Waals surface area contributed by atoms with Crippen molar-refractivity contribution in [2.24, 2.45) is 16.8 Å². The lowest BCUT2D eigenvalue weighted by Crippen LogP contribution is -2.50. The summed E-state index contributed by atoms with van der Waals surface area (Å²) in [5.41, 5.74) is -0.501. The highest BCUT2D eigenvalue weighted by Crippen LogP contribution is 2.31. The van der Waals surface area contributed by atoms with Crippen LogP contribution in [-0.4, -0.2) is 70.6 Å². The van der Waals surface area contributed by atoms with Crippen LogP contribution in [0.25, 0.3) is 0 Å². The molecule has 2 unspecified atom stereocenters. The fourth-order valence-electron chi connectivity index (χ4n) is 5.00. The summed E-state index contributed by atoms with van der Waals surface area (Å²) in [5.74, 6) is 1.45. The summed E-state index contributed by atoms with van der Waals surface area (Å²) in [6.07, 6.45) is -0.655. The molecule has 8 nitrogen and oxygen atoms in total. The number of amides is 2. The second-order valence-electron chi connectivity index (χ2n) is 9.13. The van der Waals surface area contributed by atoms with Gasteiger partial charge in [-0.2, -0.15) is 13.2 Å². The molecule has 11 heteroatoms. The lowest BCUT2D eigenvalue weighted by atomic mass is 9.96. The molecule has 2 saturated heterocycles. The number of urea groups is 1. The van der Waals surface area contributed by atoms with Gasteiger partial charge in [0.05, 0.1) is 5.69 Å². The van der Waals surface area contributed by atoms with E-state index in [1.54, 1.807) is 11.0 Å². The Morgan fingerprint density at radius 1 is 1.21 bits per heavy atom. The Balaban J connectivity index is 1.28. The molecule has 4 aliphatic rings. The standard InChI is InChI=1S/C22H27F3N6O2/c1-14-9-29(10-15-3-2-4-18(26-15)22(23,24)25)11-17(14)20-27-19-12-30(13-31(19)21(32)28-20)16-5-7-33-8-6-16/h2-4,12,14,16-17H,5-11,13H2,1H3,(H,27,28,32). The van der Waals surface area contributed by atoms with Crippen molar-refractivity contribution in [2.45, 2.75) is 38.5 Å². The van der Waals surface area contributed by atoms with Crippen molar-refractivity contribution in [3.63, 3.8) is 0 Å². The number of pyridine rings is 1. The van der Waals surface area contributed by atoms with E-state index < -0.39 is 11.9 Å². The molecule has 1 aromatic rings. The van der Waals surface area contributed by atoms with Crippen LogP contribution >= 0.6 is 0 Å². The SMILES string of the molecule is CC1CN(Cc2cccc(C(F)(F)F)n2)CC1C1=NC2=CN(C3CCOCC3)CN2C(=O)N1. The third kappa shape index (κ3) is 4.56. The van der Waals surface area contributed by atoms with E-state index in [-0.39, 0.29) is 17.9 Å². The van der Waals surface area contributed by atoms with Crippen LogP contribution < -0.4 is 5.32 Å². The van der Waals surface area contributed by atoms with Crippen LogP contribution in [-0.2, 0) is 17.5 Å². The second kappa shape index (κ2) is 8.60. The van der Waals surface area contributed by atoms with Gasteiger partial charge < -0.3 is 9.64 Å². The summed E-state index contributed by atoms with van der Waals surface area (Å²) < 4.78 is 44.4. The number of halogens is 3. The van der Waals surface area contributed by atoms with Gasteiger partial charge in [-0.05, 0) is 30.9 Å². The number of rotatable bonds is 4. The number of alkyl halides is 3. The number of nitrogens with one attached hydrogen (secondary N) is 1. The molecule has 5 rings (SSSR count). The molecule has 0 aromatic carbocycles. The number of hydrogen-bond acceptors (Lipinski definition) is 6. The minimum atomic E-state index is -4.46. The number of nitrogens with zero attached hydrogens (tertiary/aromatic N) is 5. The van der Waals surface area contributed by atoms with E-state index in [0.29, 0.717) is 49.7 Å². The van der Waals surface area contributed by atoms with Crippen LogP contribution in [0, 0.1) is 11.8 Å². The van der Waals surface area contributed by atoms with Gasteiger partial charge in [0.25, 0.3) is 0 Å². The summed E-state index contributed by atoms with van der Waals surface area (Å²) in [7, 11) is 0. The van der Waals surface area contributed by atoms with Crippen molar-refractivity contribution >= 4 is 11.9 Å². The summed E-state index contributed by atoms with van der Waals surface area (Å²) >= 11 is 0. The average Bonchev–Trinajstić information content (AvgIpc) is 3.38. The molecule has 0 saturated carbocycles. The van der Waals surface area contributed by atoms with Crippen molar-refractivity contribution in [1.82, 2.24) is 25.0 Å². The number of carbonyl (C=O) groups is 1. The van der Waals surface area contributed by atoms with Gasteiger partial charge in [0, 0.05) is 51.0 Å². The molecule has 0 spiro atoms. The zero-order valence-electron chi connectivity index (χ0n) is 18.4. The monoisotopic (exact) mass is 464 g/mol. The zero-order chi connectivity index (χ0) is 23.2. The first-order chi connectivity index (χ1) is 15.8. The molecular weight excluding hydrogens is 437 g/mol. The maximum Gasteiger partial charge on any atom is 0.433 e. The lowest BCUT2D eigenvalue weighted by Gasteiger charge is -2.32. The summed E-state index contributed by atoms with van der Waals surface area (Å²) in [6, 6.07) is 4.13. The summed E-state index contributed by atoms with van der Waals surface area (Å²) in [4.78, 5) is 27.2. The van der Waals surface area contributed by atoms with Crippen molar-refractivity contribution in [2.75, 3.05) is 33.0 Å². The number of likely N-dealkylation sites (tertiary alicyclic amines) is 1. The smallest absolute Gasteiger partial charge is 0.381 e. The number of carbonyl (C=O) groups excluding carboxylic acids is 1. The molecule has 0 radical (unpaired) electrons. The molecule has 2 atom stereocenters. The molecule has 0 aliphatic carbocycles. The molecule has 2 amide bonds. The van der Waals surface area contributed by atoms with E-state index >= 15 is 0 Å². The Kier molecular flexibility index (Phi) is 5.77. The van der Waals surface area contributed by atoms with Gasteiger partial charge in [-0.25, -0.2) is 14.8 Å². The second-order valence-corrected chi connectivity index (χ2v) is 9.13. The first-order valence-electron chi connectivity index (χ1n) is 11.3. The lowest BCUT2D eigenvalue weighted by molar-refractivity contribution is -0.141. The largest absolute Gasteiger partial charge is 0.433 e. The van der Waals surface area contributed by atoms with Crippen LogP contribution in [0.5, 0.6) is 0 Å². The van der Waals surface area contributed by atoms with Gasteiger partial charge in [0.2, 0.25) is 0 Å². The third-order valence-electron chi connectivity index (χ3n) is 6.76. The zero-order valence-corrected chi connectivity index (χ0v) is 18.4. The predicted octanol–water partition coefficient (Wildman–Crippen LogP) is 2.84. The number of amidine groups is 1. The Hall–Kier alpha value is -2.66. The molecule has 0 bridgehead atoms. The van der Waals surface area contributed by atoms with Gasteiger partial charge in [-0.1, -0.05) is 13.0 Å². The maximum atomic E-state index is 13.0. The van der Waals surface area contributed by atoms with Crippen molar-refractivity contribution < 1.29 is 22.7 Å². The van der Waals surface area contributed by atoms with Crippen LogP contribution in [0.2, 0.25) is 0 Å². The van der Waals surface area contributed by atoms with Crippen LogP contribution in [0.1, 0.15) is 31.2 Å². The topological polar surface area (TPSA) is 73.3 Å².